The molecule has 0 saturated heterocycles. The van der Waals surface area contributed by atoms with Crippen LogP contribution in [0.1, 0.15) is 26.2 Å². The number of nitrogens with two attached hydrogens (primary N) is 1. The first-order chi connectivity index (χ1) is 5.18. The van der Waals surface area contributed by atoms with Crippen LogP contribution in [0.5, 0.6) is 0 Å². The average Bonchev–Trinajstić information content (AvgIpc) is 1.97. The smallest absolute Gasteiger partial charge is 0.247 e. The Morgan fingerprint density at radius 1 is 1.64 bits per heavy atom. The van der Waals surface area contributed by atoms with E-state index in [0.29, 0.717) is 6.54 Å². The Bertz CT molecular complexity index is 117. The van der Waals surface area contributed by atoms with Crippen LogP contribution in [0, 0.1) is 0 Å². The van der Waals surface area contributed by atoms with E-state index in [1.807, 2.05) is 0 Å². The van der Waals surface area contributed by atoms with Gasteiger partial charge in [-0.3, -0.25) is 4.79 Å². The van der Waals surface area contributed by atoms with Gasteiger partial charge < -0.3 is 11.1 Å². The van der Waals surface area contributed by atoms with Gasteiger partial charge in [0.1, 0.15) is 5.37 Å². The molecule has 0 aromatic rings. The summed E-state index contributed by atoms with van der Waals surface area (Å²) in [5, 5.41) is 1.99. The molecule has 0 spiro atoms. The van der Waals surface area contributed by atoms with Crippen molar-refractivity contribution in [2.45, 2.75) is 31.6 Å². The Hall–Kier alpha value is -0.220. The van der Waals surface area contributed by atoms with Crippen LogP contribution in [-0.2, 0) is 4.79 Å². The van der Waals surface area contributed by atoms with Gasteiger partial charge in [-0.25, -0.2) is 0 Å². The van der Waals surface area contributed by atoms with Crippen molar-refractivity contribution in [2.24, 2.45) is 5.73 Å². The third kappa shape index (κ3) is 6.19. The van der Waals surface area contributed by atoms with Crippen molar-refractivity contribution in [1.29, 1.82) is 0 Å². The summed E-state index contributed by atoms with van der Waals surface area (Å²) in [5.74, 6) is -0.190. The van der Waals surface area contributed by atoms with Gasteiger partial charge in [-0.1, -0.05) is 19.8 Å². The molecule has 0 saturated carbocycles. The van der Waals surface area contributed by atoms with Crippen LogP contribution >= 0.6 is 12.6 Å². The largest absolute Gasteiger partial charge is 0.354 e. The highest BCUT2D eigenvalue weighted by Gasteiger charge is 2.05. The monoisotopic (exact) mass is 176 g/mol. The van der Waals surface area contributed by atoms with Crippen LogP contribution < -0.4 is 11.1 Å². The van der Waals surface area contributed by atoms with Crippen LogP contribution in [0.3, 0.4) is 0 Å². The van der Waals surface area contributed by atoms with Gasteiger partial charge in [0.15, 0.2) is 0 Å². The number of carbonyl (C=O) groups is 1. The first-order valence-corrected chi connectivity index (χ1v) is 4.41. The predicted molar refractivity (Wildman–Crippen MR) is 49.5 cm³/mol. The molecule has 11 heavy (non-hydrogen) atoms. The molecule has 66 valence electrons. The number of amides is 1. The molecule has 0 aliphatic heterocycles. The standard InChI is InChI=1S/C7H16N2OS/c1-2-3-4-5-9-7(10)6(8)11/h6,11H,2-5,8H2,1H3,(H,9,10). The van der Waals surface area contributed by atoms with E-state index in [1.165, 1.54) is 0 Å². The number of hydrogen-bond acceptors (Lipinski definition) is 3. The van der Waals surface area contributed by atoms with Crippen molar-refractivity contribution in [3.63, 3.8) is 0 Å². The van der Waals surface area contributed by atoms with Gasteiger partial charge in [-0.15, -0.1) is 0 Å². The van der Waals surface area contributed by atoms with Crippen molar-refractivity contribution in [2.75, 3.05) is 6.54 Å². The lowest BCUT2D eigenvalue weighted by atomic mass is 10.2. The van der Waals surface area contributed by atoms with E-state index >= 15 is 0 Å². The highest BCUT2D eigenvalue weighted by atomic mass is 32.1. The summed E-state index contributed by atoms with van der Waals surface area (Å²) in [7, 11) is 0. The lowest BCUT2D eigenvalue weighted by molar-refractivity contribution is -0.120. The summed E-state index contributed by atoms with van der Waals surface area (Å²) in [5.41, 5.74) is 5.20. The highest BCUT2D eigenvalue weighted by molar-refractivity contribution is 7.81. The van der Waals surface area contributed by atoms with Crippen molar-refractivity contribution in [3.8, 4) is 0 Å². The summed E-state index contributed by atoms with van der Waals surface area (Å²) in [4.78, 5) is 10.8. The maximum atomic E-state index is 10.8. The molecule has 1 atom stereocenters. The molecule has 3 nitrogen and oxygen atoms in total. The fourth-order valence-electron chi connectivity index (χ4n) is 0.691. The Kier molecular flexibility index (Phi) is 6.36. The van der Waals surface area contributed by atoms with Crippen LogP contribution in [-0.4, -0.2) is 17.8 Å². The topological polar surface area (TPSA) is 55.1 Å². The van der Waals surface area contributed by atoms with Crippen LogP contribution in [0.2, 0.25) is 0 Å². The first kappa shape index (κ1) is 10.8. The number of nitrogens with one attached hydrogen (secondary N) is 1. The summed E-state index contributed by atoms with van der Waals surface area (Å²) >= 11 is 3.78. The normalized spacial score (nSPS) is 12.6. The third-order valence-electron chi connectivity index (χ3n) is 1.35. The second kappa shape index (κ2) is 6.49. The zero-order valence-corrected chi connectivity index (χ0v) is 7.73. The quantitative estimate of drug-likeness (QED) is 0.325. The molecule has 0 radical (unpaired) electrons. The second-order valence-electron chi connectivity index (χ2n) is 2.44. The summed E-state index contributed by atoms with van der Waals surface area (Å²) in [6.45, 7) is 2.83. The molecular formula is C7H16N2OS. The van der Waals surface area contributed by atoms with Crippen molar-refractivity contribution < 1.29 is 4.79 Å². The minimum absolute atomic E-state index is 0.190. The zero-order valence-electron chi connectivity index (χ0n) is 6.84. The fraction of sp³-hybridized carbons (Fsp3) is 0.857. The Labute approximate surface area is 73.1 Å². The number of carbonyl (C=O) groups excluding carboxylic acids is 1. The first-order valence-electron chi connectivity index (χ1n) is 3.89. The molecule has 3 N–H and O–H groups in total. The van der Waals surface area contributed by atoms with Gasteiger partial charge in [-0.05, 0) is 6.42 Å². The van der Waals surface area contributed by atoms with Gasteiger partial charge in [0.05, 0.1) is 0 Å². The second-order valence-corrected chi connectivity index (χ2v) is 3.00. The molecule has 0 aromatic heterocycles. The number of unbranched alkanes of at least 4 members (excludes halogenated alkanes) is 2. The van der Waals surface area contributed by atoms with Gasteiger partial charge >= 0.3 is 0 Å². The molecule has 0 aromatic carbocycles. The van der Waals surface area contributed by atoms with E-state index in [-0.39, 0.29) is 5.91 Å². The fourth-order valence-corrected chi connectivity index (χ4v) is 0.782. The Morgan fingerprint density at radius 2 is 2.27 bits per heavy atom. The molecule has 0 fully saturated rings. The maximum Gasteiger partial charge on any atom is 0.247 e. The predicted octanol–water partition coefficient (Wildman–Crippen LogP) is 0.507. The van der Waals surface area contributed by atoms with Crippen LogP contribution in [0.15, 0.2) is 0 Å². The molecule has 1 unspecified atom stereocenters. The van der Waals surface area contributed by atoms with E-state index in [2.05, 4.69) is 24.9 Å². The molecule has 1 amide bonds. The third-order valence-corrected chi connectivity index (χ3v) is 1.58. The van der Waals surface area contributed by atoms with E-state index < -0.39 is 5.37 Å². The molecule has 0 aliphatic carbocycles. The average molecular weight is 176 g/mol. The zero-order chi connectivity index (χ0) is 8.69. The SMILES string of the molecule is CCCCCNC(=O)C(N)S. The van der Waals surface area contributed by atoms with Crippen molar-refractivity contribution >= 4 is 18.5 Å². The molecule has 0 aliphatic rings. The Morgan fingerprint density at radius 3 is 2.73 bits per heavy atom. The number of thiol groups is 1. The van der Waals surface area contributed by atoms with Gasteiger partial charge in [-0.2, -0.15) is 12.6 Å². The Balaban J connectivity index is 3.18. The van der Waals surface area contributed by atoms with Crippen LogP contribution in [0.25, 0.3) is 0 Å². The summed E-state index contributed by atoms with van der Waals surface area (Å²) < 4.78 is 0. The van der Waals surface area contributed by atoms with E-state index in [0.717, 1.165) is 19.3 Å². The van der Waals surface area contributed by atoms with Crippen molar-refractivity contribution in [3.05, 3.63) is 0 Å². The molecular weight excluding hydrogens is 160 g/mol. The summed E-state index contributed by atoms with van der Waals surface area (Å²) in [6.07, 6.45) is 3.31. The van der Waals surface area contributed by atoms with E-state index in [4.69, 9.17) is 5.73 Å². The highest BCUT2D eigenvalue weighted by Crippen LogP contribution is 1.91. The van der Waals surface area contributed by atoms with E-state index in [9.17, 15) is 4.79 Å². The molecule has 0 heterocycles. The lowest BCUT2D eigenvalue weighted by Gasteiger charge is -2.05. The minimum Gasteiger partial charge on any atom is -0.354 e. The van der Waals surface area contributed by atoms with Gasteiger partial charge in [0, 0.05) is 6.54 Å². The molecule has 4 heteroatoms. The van der Waals surface area contributed by atoms with E-state index in [1.54, 1.807) is 0 Å². The van der Waals surface area contributed by atoms with Crippen LogP contribution in [0.4, 0.5) is 0 Å². The minimum atomic E-state index is -0.684. The van der Waals surface area contributed by atoms with Gasteiger partial charge in [0.2, 0.25) is 5.91 Å². The van der Waals surface area contributed by atoms with Crippen molar-refractivity contribution in [1.82, 2.24) is 5.32 Å². The number of hydrogen-bond donors (Lipinski definition) is 3. The summed E-state index contributed by atoms with van der Waals surface area (Å²) in [6, 6.07) is 0. The molecule has 0 bridgehead atoms. The number of rotatable bonds is 5. The lowest BCUT2D eigenvalue weighted by Crippen LogP contribution is -2.37. The maximum absolute atomic E-state index is 10.8. The van der Waals surface area contributed by atoms with Gasteiger partial charge in [0.25, 0.3) is 0 Å². The molecule has 0 rings (SSSR count).